The van der Waals surface area contributed by atoms with Crippen molar-refractivity contribution in [3.05, 3.63) is 17.7 Å². The van der Waals surface area contributed by atoms with Crippen LogP contribution in [0.5, 0.6) is 17.2 Å². The van der Waals surface area contributed by atoms with Gasteiger partial charge in [-0.2, -0.15) is 0 Å². The summed E-state index contributed by atoms with van der Waals surface area (Å²) in [5.41, 5.74) is 1.05. The van der Waals surface area contributed by atoms with Crippen molar-refractivity contribution in [2.75, 3.05) is 47.6 Å². The first-order chi connectivity index (χ1) is 13.2. The van der Waals surface area contributed by atoms with E-state index in [2.05, 4.69) is 9.80 Å². The lowest BCUT2D eigenvalue weighted by Crippen LogP contribution is -2.56. The second kappa shape index (κ2) is 9.62. The number of hydrogen-bond acceptors (Lipinski definition) is 6. The van der Waals surface area contributed by atoms with Gasteiger partial charge in [0.05, 0.1) is 26.9 Å². The van der Waals surface area contributed by atoms with Crippen LogP contribution in [0, 0.1) is 0 Å². The van der Waals surface area contributed by atoms with E-state index >= 15 is 0 Å². The van der Waals surface area contributed by atoms with Gasteiger partial charge in [-0.3, -0.25) is 9.80 Å². The molecule has 0 bridgehead atoms. The lowest BCUT2D eigenvalue weighted by molar-refractivity contribution is 0.0262. The standard InChI is InChI=1S/C21H34N2O4/c1-25-18-12-20(26-2)19(21(13-18)27-3)15-22-9-10-23(16-6-4-5-7-16)17(14-22)8-11-24/h12-13,16-17,24H,4-11,14-15H2,1-3H3/t17-/m0/s1. The van der Waals surface area contributed by atoms with E-state index in [1.54, 1.807) is 21.3 Å². The van der Waals surface area contributed by atoms with Crippen molar-refractivity contribution in [3.8, 4) is 17.2 Å². The molecule has 2 aliphatic rings. The number of methoxy groups -OCH3 is 3. The second-order valence-corrected chi connectivity index (χ2v) is 7.59. The third-order valence-corrected chi connectivity index (χ3v) is 6.07. The molecule has 27 heavy (non-hydrogen) atoms. The lowest BCUT2D eigenvalue weighted by atomic mass is 10.0. The van der Waals surface area contributed by atoms with Crippen molar-refractivity contribution in [2.45, 2.75) is 50.7 Å². The Bertz CT molecular complexity index is 579. The van der Waals surface area contributed by atoms with E-state index < -0.39 is 0 Å². The average molecular weight is 379 g/mol. The van der Waals surface area contributed by atoms with Crippen LogP contribution < -0.4 is 14.2 Å². The van der Waals surface area contributed by atoms with Crippen LogP contribution in [0.15, 0.2) is 12.1 Å². The van der Waals surface area contributed by atoms with Gasteiger partial charge in [0.2, 0.25) is 0 Å². The first-order valence-corrected chi connectivity index (χ1v) is 10.1. The maximum absolute atomic E-state index is 9.58. The highest BCUT2D eigenvalue weighted by atomic mass is 16.5. The van der Waals surface area contributed by atoms with E-state index in [0.29, 0.717) is 12.1 Å². The largest absolute Gasteiger partial charge is 0.496 e. The van der Waals surface area contributed by atoms with E-state index in [9.17, 15) is 5.11 Å². The van der Waals surface area contributed by atoms with Gasteiger partial charge in [0.25, 0.3) is 0 Å². The molecular formula is C21H34N2O4. The number of benzene rings is 1. The molecule has 152 valence electrons. The maximum Gasteiger partial charge on any atom is 0.130 e. The normalized spacial score (nSPS) is 22.1. The van der Waals surface area contributed by atoms with Crippen LogP contribution in [0.3, 0.4) is 0 Å². The second-order valence-electron chi connectivity index (χ2n) is 7.59. The van der Waals surface area contributed by atoms with Crippen molar-refractivity contribution in [1.82, 2.24) is 9.80 Å². The van der Waals surface area contributed by atoms with Gasteiger partial charge < -0.3 is 19.3 Å². The summed E-state index contributed by atoms with van der Waals surface area (Å²) in [6.45, 7) is 4.08. The zero-order chi connectivity index (χ0) is 19.2. The van der Waals surface area contributed by atoms with Crippen molar-refractivity contribution >= 4 is 0 Å². The molecule has 1 N–H and O–H groups in total. The van der Waals surface area contributed by atoms with Gasteiger partial charge in [-0.05, 0) is 19.3 Å². The Labute approximate surface area is 163 Å². The van der Waals surface area contributed by atoms with Crippen LogP contribution in [0.2, 0.25) is 0 Å². The molecule has 6 heteroatoms. The van der Waals surface area contributed by atoms with Gasteiger partial charge >= 0.3 is 0 Å². The lowest BCUT2D eigenvalue weighted by Gasteiger charge is -2.44. The van der Waals surface area contributed by atoms with Gasteiger partial charge in [0, 0.05) is 57.0 Å². The molecule has 2 fully saturated rings. The Hall–Kier alpha value is -1.50. The van der Waals surface area contributed by atoms with Crippen molar-refractivity contribution in [1.29, 1.82) is 0 Å². The molecule has 1 heterocycles. The quantitative estimate of drug-likeness (QED) is 0.750. The highest BCUT2D eigenvalue weighted by Gasteiger charge is 2.33. The molecule has 1 saturated heterocycles. The van der Waals surface area contributed by atoms with Gasteiger partial charge in [-0.1, -0.05) is 12.8 Å². The SMILES string of the molecule is COc1cc(OC)c(CN2CCN(C3CCCC3)[C@@H](CCO)C2)c(OC)c1. The molecule has 0 amide bonds. The predicted molar refractivity (Wildman–Crippen MR) is 106 cm³/mol. The van der Waals surface area contributed by atoms with Crippen LogP contribution >= 0.6 is 0 Å². The summed E-state index contributed by atoms with van der Waals surface area (Å²) < 4.78 is 16.6. The first-order valence-electron chi connectivity index (χ1n) is 10.1. The summed E-state index contributed by atoms with van der Waals surface area (Å²) in [6.07, 6.45) is 6.14. The van der Waals surface area contributed by atoms with Gasteiger partial charge in [-0.15, -0.1) is 0 Å². The molecule has 0 unspecified atom stereocenters. The maximum atomic E-state index is 9.58. The number of hydrogen-bond donors (Lipinski definition) is 1. The zero-order valence-electron chi connectivity index (χ0n) is 16.9. The van der Waals surface area contributed by atoms with Crippen LogP contribution in [0.1, 0.15) is 37.7 Å². The summed E-state index contributed by atoms with van der Waals surface area (Å²) >= 11 is 0. The molecule has 6 nitrogen and oxygen atoms in total. The zero-order valence-corrected chi connectivity index (χ0v) is 16.9. The van der Waals surface area contributed by atoms with E-state index in [0.717, 1.165) is 55.4 Å². The molecule has 1 aliphatic heterocycles. The Morgan fingerprint density at radius 3 is 2.22 bits per heavy atom. The summed E-state index contributed by atoms with van der Waals surface area (Å²) in [4.78, 5) is 5.11. The van der Waals surface area contributed by atoms with Crippen molar-refractivity contribution in [2.24, 2.45) is 0 Å². The van der Waals surface area contributed by atoms with Crippen LogP contribution in [0.4, 0.5) is 0 Å². The smallest absolute Gasteiger partial charge is 0.130 e. The molecule has 1 aromatic carbocycles. The summed E-state index contributed by atoms with van der Waals surface area (Å²) in [5, 5.41) is 9.58. The van der Waals surface area contributed by atoms with Gasteiger partial charge in [0.15, 0.2) is 0 Å². The molecule has 1 aliphatic carbocycles. The van der Waals surface area contributed by atoms with Crippen molar-refractivity contribution < 1.29 is 19.3 Å². The molecule has 1 atom stereocenters. The fourth-order valence-electron chi connectivity index (χ4n) is 4.66. The Kier molecular flexibility index (Phi) is 7.21. The van der Waals surface area contributed by atoms with E-state index in [1.165, 1.54) is 25.7 Å². The fraction of sp³-hybridized carbons (Fsp3) is 0.714. The van der Waals surface area contributed by atoms with Gasteiger partial charge in [0.1, 0.15) is 17.2 Å². The first kappa shape index (κ1) is 20.2. The molecule has 0 spiro atoms. The number of piperazine rings is 1. The minimum Gasteiger partial charge on any atom is -0.496 e. The van der Waals surface area contributed by atoms with Gasteiger partial charge in [-0.25, -0.2) is 0 Å². The number of aliphatic hydroxyl groups excluding tert-OH is 1. The fourth-order valence-corrected chi connectivity index (χ4v) is 4.66. The number of aliphatic hydroxyl groups is 1. The molecule has 1 aromatic rings. The van der Waals surface area contributed by atoms with E-state index in [-0.39, 0.29) is 6.61 Å². The summed E-state index contributed by atoms with van der Waals surface area (Å²) in [7, 11) is 5.02. The monoisotopic (exact) mass is 378 g/mol. The molecular weight excluding hydrogens is 344 g/mol. The molecule has 3 rings (SSSR count). The Morgan fingerprint density at radius 2 is 1.67 bits per heavy atom. The highest BCUT2D eigenvalue weighted by molar-refractivity contribution is 5.50. The number of ether oxygens (including phenoxy) is 3. The topological polar surface area (TPSA) is 54.4 Å². The molecule has 0 radical (unpaired) electrons. The third kappa shape index (κ3) is 4.68. The van der Waals surface area contributed by atoms with E-state index in [4.69, 9.17) is 14.2 Å². The Morgan fingerprint density at radius 1 is 1.00 bits per heavy atom. The average Bonchev–Trinajstić information content (AvgIpc) is 3.23. The van der Waals surface area contributed by atoms with Crippen LogP contribution in [-0.4, -0.2) is 74.6 Å². The van der Waals surface area contributed by atoms with Crippen molar-refractivity contribution in [3.63, 3.8) is 0 Å². The Balaban J connectivity index is 1.74. The highest BCUT2D eigenvalue weighted by Crippen LogP contribution is 2.36. The minimum atomic E-state index is 0.247. The summed E-state index contributed by atoms with van der Waals surface area (Å²) in [6, 6.07) is 4.95. The summed E-state index contributed by atoms with van der Waals surface area (Å²) in [5.74, 6) is 2.32. The third-order valence-electron chi connectivity index (χ3n) is 6.07. The number of nitrogens with zero attached hydrogens (tertiary/aromatic N) is 2. The van der Waals surface area contributed by atoms with E-state index in [1.807, 2.05) is 12.1 Å². The molecule has 1 saturated carbocycles. The van der Waals surface area contributed by atoms with Crippen LogP contribution in [0.25, 0.3) is 0 Å². The number of rotatable bonds is 8. The minimum absolute atomic E-state index is 0.247. The predicted octanol–water partition coefficient (Wildman–Crippen LogP) is 2.52. The van der Waals surface area contributed by atoms with Crippen LogP contribution in [-0.2, 0) is 6.54 Å². The molecule has 0 aromatic heterocycles.